The molecule has 12 heavy (non-hydrogen) atoms. The maximum absolute atomic E-state index is 10.7. The van der Waals surface area contributed by atoms with E-state index in [-0.39, 0.29) is 0 Å². The van der Waals surface area contributed by atoms with Crippen molar-refractivity contribution in [2.45, 2.75) is 0 Å². The summed E-state index contributed by atoms with van der Waals surface area (Å²) >= 11 is 0. The van der Waals surface area contributed by atoms with E-state index in [4.69, 9.17) is 0 Å². The molecule has 68 valence electrons. The molecule has 0 rings (SSSR count). The highest BCUT2D eigenvalue weighted by molar-refractivity contribution is 7.33. The molecule has 0 aliphatic carbocycles. The maximum atomic E-state index is 10.7. The Morgan fingerprint density at radius 2 is 1.58 bits per heavy atom. The molecular weight excluding hydrogens is 179 g/mol. The van der Waals surface area contributed by atoms with E-state index in [1.54, 1.807) is 12.2 Å². The van der Waals surface area contributed by atoms with Crippen LogP contribution in [0.25, 0.3) is 0 Å². The van der Waals surface area contributed by atoms with E-state index in [2.05, 4.69) is 33.4 Å². The SMILES string of the molecule is C=CCNO[P+](=O)ONCC=C. The molecular formula is C6H12N2O3P+. The molecule has 0 radical (unpaired) electrons. The largest absolute Gasteiger partial charge is 0.735 e. The average Bonchev–Trinajstić information content (AvgIpc) is 2.06. The molecule has 0 aliphatic rings. The van der Waals surface area contributed by atoms with Gasteiger partial charge in [-0.25, -0.2) is 0 Å². The smallest absolute Gasteiger partial charge is 0.145 e. The summed E-state index contributed by atoms with van der Waals surface area (Å²) in [5.74, 6) is 0. The summed E-state index contributed by atoms with van der Waals surface area (Å²) in [6.45, 7) is 7.67. The molecule has 6 heteroatoms. The average molecular weight is 191 g/mol. The Kier molecular flexibility index (Phi) is 8.10. The molecule has 0 saturated carbocycles. The third-order valence-electron chi connectivity index (χ3n) is 0.734. The summed E-state index contributed by atoms with van der Waals surface area (Å²) in [7, 11) is -2.17. The van der Waals surface area contributed by atoms with E-state index in [0.29, 0.717) is 13.1 Å². The molecule has 0 aliphatic heterocycles. The summed E-state index contributed by atoms with van der Waals surface area (Å²) in [5.41, 5.74) is 4.74. The van der Waals surface area contributed by atoms with Crippen LogP contribution in [0.4, 0.5) is 0 Å². The van der Waals surface area contributed by atoms with Gasteiger partial charge in [-0.1, -0.05) is 12.2 Å². The molecule has 0 bridgehead atoms. The molecule has 0 saturated heterocycles. The molecule has 0 amide bonds. The molecule has 0 aromatic heterocycles. The van der Waals surface area contributed by atoms with Gasteiger partial charge >= 0.3 is 8.25 Å². The van der Waals surface area contributed by atoms with Crippen LogP contribution in [0.5, 0.6) is 0 Å². The van der Waals surface area contributed by atoms with Gasteiger partial charge < -0.3 is 0 Å². The monoisotopic (exact) mass is 191 g/mol. The fourth-order valence-corrected chi connectivity index (χ4v) is 0.714. The highest BCUT2D eigenvalue weighted by Crippen LogP contribution is 2.18. The molecule has 0 unspecified atom stereocenters. The summed E-state index contributed by atoms with van der Waals surface area (Å²) in [4.78, 5) is 0. The van der Waals surface area contributed by atoms with E-state index in [0.717, 1.165) is 0 Å². The van der Waals surface area contributed by atoms with Crippen LogP contribution < -0.4 is 11.0 Å². The van der Waals surface area contributed by atoms with Crippen molar-refractivity contribution in [1.29, 1.82) is 0 Å². The second-order valence-electron chi connectivity index (χ2n) is 1.68. The number of hydrogen-bond acceptors (Lipinski definition) is 5. The van der Waals surface area contributed by atoms with Gasteiger partial charge in [-0.3, -0.25) is 0 Å². The molecule has 0 aromatic rings. The Hall–Kier alpha value is -0.580. The van der Waals surface area contributed by atoms with Gasteiger partial charge in [0.25, 0.3) is 0 Å². The van der Waals surface area contributed by atoms with Gasteiger partial charge in [0, 0.05) is 17.7 Å². The number of nitrogens with one attached hydrogen (secondary N) is 2. The highest BCUT2D eigenvalue weighted by atomic mass is 31.1. The lowest BCUT2D eigenvalue weighted by atomic mass is 10.7. The first kappa shape index (κ1) is 11.4. The molecule has 0 atom stereocenters. The number of rotatable bonds is 8. The highest BCUT2D eigenvalue weighted by Gasteiger charge is 2.19. The minimum atomic E-state index is -2.17. The lowest BCUT2D eigenvalue weighted by Gasteiger charge is -1.89. The van der Waals surface area contributed by atoms with E-state index >= 15 is 0 Å². The van der Waals surface area contributed by atoms with E-state index in [1.807, 2.05) is 0 Å². The van der Waals surface area contributed by atoms with Crippen LogP contribution in [0.15, 0.2) is 25.3 Å². The van der Waals surface area contributed by atoms with Gasteiger partial charge in [-0.2, -0.15) is 0 Å². The van der Waals surface area contributed by atoms with E-state index in [9.17, 15) is 4.57 Å². The van der Waals surface area contributed by atoms with E-state index in [1.165, 1.54) is 0 Å². The lowest BCUT2D eigenvalue weighted by molar-refractivity contribution is 0.128. The first-order chi connectivity index (χ1) is 5.81. The second kappa shape index (κ2) is 8.52. The molecule has 0 fully saturated rings. The third kappa shape index (κ3) is 7.53. The van der Waals surface area contributed by atoms with Gasteiger partial charge in [-0.05, 0) is 9.25 Å². The minimum absolute atomic E-state index is 0.409. The van der Waals surface area contributed by atoms with Crippen molar-refractivity contribution in [1.82, 2.24) is 11.0 Å². The predicted molar refractivity (Wildman–Crippen MR) is 46.2 cm³/mol. The summed E-state index contributed by atoms with van der Waals surface area (Å²) in [6.07, 6.45) is 3.14. The third-order valence-corrected chi connectivity index (χ3v) is 1.29. The molecule has 5 nitrogen and oxygen atoms in total. The van der Waals surface area contributed by atoms with Crippen LogP contribution in [0.3, 0.4) is 0 Å². The Labute approximate surface area is 72.3 Å². The van der Waals surface area contributed by atoms with Gasteiger partial charge in [0.05, 0.1) is 0 Å². The van der Waals surface area contributed by atoms with E-state index < -0.39 is 8.25 Å². The van der Waals surface area contributed by atoms with Gasteiger partial charge in [0.1, 0.15) is 0 Å². The fraction of sp³-hybridized carbons (Fsp3) is 0.333. The Balaban J connectivity index is 3.21. The Bertz CT molecular complexity index is 147. The number of hydroxylamine groups is 2. The van der Waals surface area contributed by atoms with Gasteiger partial charge in [-0.15, -0.1) is 24.1 Å². The van der Waals surface area contributed by atoms with Crippen molar-refractivity contribution in [3.63, 3.8) is 0 Å². The summed E-state index contributed by atoms with van der Waals surface area (Å²) < 4.78 is 19.7. The summed E-state index contributed by atoms with van der Waals surface area (Å²) in [5, 5.41) is 0. The quantitative estimate of drug-likeness (QED) is 0.260. The topological polar surface area (TPSA) is 59.6 Å². The predicted octanol–water partition coefficient (Wildman–Crippen LogP) is 1.06. The molecule has 2 N–H and O–H groups in total. The zero-order valence-corrected chi connectivity index (χ0v) is 7.55. The van der Waals surface area contributed by atoms with Crippen LogP contribution in [0, 0.1) is 0 Å². The normalized spacial score (nSPS) is 9.33. The van der Waals surface area contributed by atoms with Crippen molar-refractivity contribution in [2.24, 2.45) is 0 Å². The van der Waals surface area contributed by atoms with Crippen LogP contribution in [-0.2, 0) is 13.8 Å². The second-order valence-corrected chi connectivity index (χ2v) is 2.49. The van der Waals surface area contributed by atoms with Gasteiger partial charge in [0.2, 0.25) is 0 Å². The minimum Gasteiger partial charge on any atom is -0.145 e. The maximum Gasteiger partial charge on any atom is 0.735 e. The van der Waals surface area contributed by atoms with Gasteiger partial charge in [0.15, 0.2) is 0 Å². The zero-order valence-electron chi connectivity index (χ0n) is 6.66. The zero-order chi connectivity index (χ0) is 9.23. The summed E-state index contributed by atoms with van der Waals surface area (Å²) in [6, 6.07) is 0. The molecule has 0 heterocycles. The van der Waals surface area contributed by atoms with Crippen LogP contribution >= 0.6 is 8.25 Å². The molecule has 0 aromatic carbocycles. The Morgan fingerprint density at radius 3 is 1.92 bits per heavy atom. The first-order valence-electron chi connectivity index (χ1n) is 3.30. The Morgan fingerprint density at radius 1 is 1.17 bits per heavy atom. The van der Waals surface area contributed by atoms with Crippen molar-refractivity contribution in [3.8, 4) is 0 Å². The number of hydrogen-bond donors (Lipinski definition) is 2. The van der Waals surface area contributed by atoms with Crippen molar-refractivity contribution >= 4 is 8.25 Å². The first-order valence-corrected chi connectivity index (χ1v) is 4.39. The standard InChI is InChI=1S/C6H12N2O3P/c1-3-5-7-10-12(9)11-8-6-4-2/h3-4,7-8H,1-2,5-6H2/q+1. The lowest BCUT2D eigenvalue weighted by Crippen LogP contribution is -2.14. The van der Waals surface area contributed by atoms with Crippen molar-refractivity contribution in [2.75, 3.05) is 13.1 Å². The van der Waals surface area contributed by atoms with Crippen LogP contribution in [-0.4, -0.2) is 13.1 Å². The molecule has 0 spiro atoms. The van der Waals surface area contributed by atoms with Crippen molar-refractivity contribution in [3.05, 3.63) is 25.3 Å². The van der Waals surface area contributed by atoms with Crippen LogP contribution in [0.1, 0.15) is 0 Å². The fourth-order valence-electron chi connectivity index (χ4n) is 0.316. The van der Waals surface area contributed by atoms with Crippen molar-refractivity contribution < 1.29 is 13.8 Å². The van der Waals surface area contributed by atoms with Crippen LogP contribution in [0.2, 0.25) is 0 Å².